The lowest BCUT2D eigenvalue weighted by atomic mass is 10.0. The average Bonchev–Trinajstić information content (AvgIpc) is 3.12. The van der Waals surface area contributed by atoms with Gasteiger partial charge in [0.05, 0.1) is 18.3 Å². The summed E-state index contributed by atoms with van der Waals surface area (Å²) in [6.07, 6.45) is 2.53. The Labute approximate surface area is 136 Å². The van der Waals surface area contributed by atoms with Gasteiger partial charge in [-0.1, -0.05) is 12.1 Å². The molecule has 0 unspecified atom stereocenters. The number of ether oxygens (including phenoxy) is 1. The molecule has 2 heterocycles. The lowest BCUT2D eigenvalue weighted by Crippen LogP contribution is -2.47. The number of nitrogens with zero attached hydrogens (tertiary/aromatic N) is 2. The van der Waals surface area contributed by atoms with Crippen molar-refractivity contribution >= 4 is 12.0 Å². The maximum Gasteiger partial charge on any atom is 0.328 e. The van der Waals surface area contributed by atoms with Crippen LogP contribution in [0, 0.1) is 6.92 Å². The van der Waals surface area contributed by atoms with Crippen LogP contribution in [0.3, 0.4) is 0 Å². The van der Waals surface area contributed by atoms with Crippen molar-refractivity contribution < 1.29 is 18.8 Å². The highest BCUT2D eigenvalue weighted by Crippen LogP contribution is 2.35. The van der Waals surface area contributed by atoms with Crippen molar-refractivity contribution in [1.82, 2.24) is 15.4 Å². The second-order valence-electron chi connectivity index (χ2n) is 5.73. The van der Waals surface area contributed by atoms with Gasteiger partial charge in [0.2, 0.25) is 0 Å². The van der Waals surface area contributed by atoms with Crippen LogP contribution in [-0.4, -0.2) is 41.3 Å². The van der Waals surface area contributed by atoms with Gasteiger partial charge >= 0.3 is 12.0 Å². The Morgan fingerprint density at radius 3 is 2.87 bits per heavy atom. The number of carbonyl (C=O) groups excluding carboxylic acids is 2. The van der Waals surface area contributed by atoms with Crippen LogP contribution in [0.2, 0.25) is 0 Å². The Kier molecular flexibility index (Phi) is 5.63. The van der Waals surface area contributed by atoms with Gasteiger partial charge in [0.15, 0.2) is 0 Å². The number of urea groups is 1. The monoisotopic (exact) mass is 323 g/mol. The highest BCUT2D eigenvalue weighted by molar-refractivity contribution is 5.83. The molecule has 1 aromatic rings. The van der Waals surface area contributed by atoms with Gasteiger partial charge < -0.3 is 19.5 Å². The van der Waals surface area contributed by atoms with E-state index in [1.54, 1.807) is 18.7 Å². The summed E-state index contributed by atoms with van der Waals surface area (Å²) in [6, 6.07) is -0.973. The third-order valence-corrected chi connectivity index (χ3v) is 4.13. The summed E-state index contributed by atoms with van der Waals surface area (Å²) in [4.78, 5) is 26.0. The van der Waals surface area contributed by atoms with E-state index >= 15 is 0 Å². The maximum absolute atomic E-state index is 12.5. The Morgan fingerprint density at radius 1 is 1.48 bits per heavy atom. The van der Waals surface area contributed by atoms with E-state index in [2.05, 4.69) is 10.5 Å². The summed E-state index contributed by atoms with van der Waals surface area (Å²) >= 11 is 0. The van der Waals surface area contributed by atoms with E-state index in [1.807, 2.05) is 13.8 Å². The van der Waals surface area contributed by atoms with Gasteiger partial charge in [-0.05, 0) is 33.6 Å². The third kappa shape index (κ3) is 3.65. The number of aromatic nitrogens is 1. The number of aryl methyl sites for hydroxylation is 2. The first-order valence-corrected chi connectivity index (χ1v) is 8.18. The molecular formula is C16H25N3O4. The quantitative estimate of drug-likeness (QED) is 0.841. The fraction of sp³-hybridized carbons (Fsp3) is 0.688. The smallest absolute Gasteiger partial charge is 0.328 e. The Balaban J connectivity index is 2.10. The highest BCUT2D eigenvalue weighted by Gasteiger charge is 2.35. The van der Waals surface area contributed by atoms with Crippen LogP contribution in [0.4, 0.5) is 4.79 Å². The molecule has 1 saturated heterocycles. The fourth-order valence-electron chi connectivity index (χ4n) is 3.01. The molecule has 23 heavy (non-hydrogen) atoms. The minimum absolute atomic E-state index is 0.0504. The summed E-state index contributed by atoms with van der Waals surface area (Å²) in [5.41, 5.74) is 1.83. The van der Waals surface area contributed by atoms with Gasteiger partial charge in [-0.25, -0.2) is 9.59 Å². The number of esters is 1. The van der Waals surface area contributed by atoms with Crippen LogP contribution in [0.15, 0.2) is 4.52 Å². The van der Waals surface area contributed by atoms with E-state index in [-0.39, 0.29) is 12.1 Å². The van der Waals surface area contributed by atoms with Crippen LogP contribution in [0.1, 0.15) is 56.7 Å². The first-order valence-electron chi connectivity index (χ1n) is 8.18. The van der Waals surface area contributed by atoms with Crippen molar-refractivity contribution in [3.8, 4) is 0 Å². The molecule has 7 heteroatoms. The average molecular weight is 323 g/mol. The standard InChI is InChI=1S/C16H25N3O4/c1-5-13-14(10(3)18-23-13)12-8-7-9-19(12)16(21)17-11(4)15(20)22-6-2/h11-12H,5-9H2,1-4H3,(H,17,21)/t11-,12-/m1/s1. The zero-order valence-electron chi connectivity index (χ0n) is 14.2. The summed E-state index contributed by atoms with van der Waals surface area (Å²) in [5.74, 6) is 0.401. The number of amides is 2. The van der Waals surface area contributed by atoms with Crippen LogP contribution < -0.4 is 5.32 Å². The van der Waals surface area contributed by atoms with Crippen molar-refractivity contribution in [1.29, 1.82) is 0 Å². The fourth-order valence-corrected chi connectivity index (χ4v) is 3.01. The van der Waals surface area contributed by atoms with E-state index in [0.29, 0.717) is 13.2 Å². The van der Waals surface area contributed by atoms with Crippen molar-refractivity contribution in [3.05, 3.63) is 17.0 Å². The third-order valence-electron chi connectivity index (χ3n) is 4.13. The van der Waals surface area contributed by atoms with Gasteiger partial charge in [0.1, 0.15) is 11.8 Å². The number of carbonyl (C=O) groups is 2. The van der Waals surface area contributed by atoms with Gasteiger partial charge in [-0.15, -0.1) is 0 Å². The molecule has 0 bridgehead atoms. The predicted molar refractivity (Wildman–Crippen MR) is 83.9 cm³/mol. The molecule has 7 nitrogen and oxygen atoms in total. The molecule has 1 aliphatic rings. The van der Waals surface area contributed by atoms with Gasteiger partial charge in [0, 0.05) is 18.5 Å². The molecule has 128 valence electrons. The van der Waals surface area contributed by atoms with Gasteiger partial charge in [0.25, 0.3) is 0 Å². The minimum atomic E-state index is -0.669. The summed E-state index contributed by atoms with van der Waals surface area (Å²) in [6.45, 7) is 8.22. The van der Waals surface area contributed by atoms with Crippen LogP contribution in [0.5, 0.6) is 0 Å². The van der Waals surface area contributed by atoms with Crippen LogP contribution in [0.25, 0.3) is 0 Å². The largest absolute Gasteiger partial charge is 0.464 e. The molecular weight excluding hydrogens is 298 g/mol. The molecule has 0 aromatic carbocycles. The van der Waals surface area contributed by atoms with Crippen molar-refractivity contribution in [2.24, 2.45) is 0 Å². The lowest BCUT2D eigenvalue weighted by Gasteiger charge is -2.26. The first-order chi connectivity index (χ1) is 11.0. The van der Waals surface area contributed by atoms with E-state index in [1.165, 1.54) is 0 Å². The zero-order chi connectivity index (χ0) is 17.0. The molecule has 0 aliphatic carbocycles. The normalized spacial score (nSPS) is 18.8. The Bertz CT molecular complexity index is 570. The van der Waals surface area contributed by atoms with E-state index in [4.69, 9.17) is 9.26 Å². The molecule has 1 N–H and O–H groups in total. The molecule has 0 radical (unpaired) electrons. The number of rotatable bonds is 5. The molecule has 2 atom stereocenters. The molecule has 0 saturated carbocycles. The molecule has 1 fully saturated rings. The SMILES string of the molecule is CCOC(=O)[C@@H](C)NC(=O)N1CCC[C@@H]1c1c(C)noc1CC. The van der Waals surface area contributed by atoms with Crippen molar-refractivity contribution in [2.45, 2.75) is 59.0 Å². The number of hydrogen-bond acceptors (Lipinski definition) is 5. The highest BCUT2D eigenvalue weighted by atomic mass is 16.5. The topological polar surface area (TPSA) is 84.7 Å². The van der Waals surface area contributed by atoms with E-state index in [0.717, 1.165) is 36.3 Å². The van der Waals surface area contributed by atoms with E-state index < -0.39 is 12.0 Å². The predicted octanol–water partition coefficient (Wildman–Crippen LogP) is 2.34. The van der Waals surface area contributed by atoms with Gasteiger partial charge in [-0.3, -0.25) is 0 Å². The summed E-state index contributed by atoms with van der Waals surface area (Å²) in [7, 11) is 0. The second-order valence-corrected chi connectivity index (χ2v) is 5.73. The minimum Gasteiger partial charge on any atom is -0.464 e. The molecule has 0 spiro atoms. The Morgan fingerprint density at radius 2 is 2.22 bits per heavy atom. The lowest BCUT2D eigenvalue weighted by molar-refractivity contribution is -0.144. The van der Waals surface area contributed by atoms with Crippen molar-refractivity contribution in [2.75, 3.05) is 13.2 Å². The number of likely N-dealkylation sites (tertiary alicyclic amines) is 1. The Hall–Kier alpha value is -2.05. The number of hydrogen-bond donors (Lipinski definition) is 1. The zero-order valence-corrected chi connectivity index (χ0v) is 14.2. The molecule has 2 amide bonds. The molecule has 2 rings (SSSR count). The molecule has 1 aromatic heterocycles. The number of nitrogens with one attached hydrogen (secondary N) is 1. The van der Waals surface area contributed by atoms with Gasteiger partial charge in [-0.2, -0.15) is 0 Å². The summed E-state index contributed by atoms with van der Waals surface area (Å²) < 4.78 is 10.3. The molecule has 1 aliphatic heterocycles. The van der Waals surface area contributed by atoms with Crippen LogP contribution in [-0.2, 0) is 16.0 Å². The first kappa shape index (κ1) is 17.3. The summed E-state index contributed by atoms with van der Waals surface area (Å²) in [5, 5.41) is 6.75. The van der Waals surface area contributed by atoms with E-state index in [9.17, 15) is 9.59 Å². The maximum atomic E-state index is 12.5. The second kappa shape index (κ2) is 7.48. The van der Waals surface area contributed by atoms with Crippen LogP contribution >= 0.6 is 0 Å². The van der Waals surface area contributed by atoms with Crippen molar-refractivity contribution in [3.63, 3.8) is 0 Å².